The molecule has 140 valence electrons. The number of likely N-dealkylation sites (tertiary alicyclic amines) is 1. The van der Waals surface area contributed by atoms with Crippen molar-refractivity contribution < 1.29 is 23.4 Å². The SMILES string of the molecule is N#Cc1cc(-c2ccnc(N)c2)ccc1OC1CCN(C(=O)O)CC1(F)F. The Morgan fingerprint density at radius 2 is 2.11 bits per heavy atom. The molecule has 3 rings (SSSR count). The first-order valence-corrected chi connectivity index (χ1v) is 8.08. The summed E-state index contributed by atoms with van der Waals surface area (Å²) in [6.45, 7) is -1.00. The number of aromatic nitrogens is 1. The highest BCUT2D eigenvalue weighted by Crippen LogP contribution is 2.34. The average Bonchev–Trinajstić information content (AvgIpc) is 2.63. The molecule has 0 radical (unpaired) electrons. The lowest BCUT2D eigenvalue weighted by atomic mass is 10.0. The third kappa shape index (κ3) is 3.89. The Labute approximate surface area is 153 Å². The Kier molecular flexibility index (Phi) is 4.81. The number of anilines is 1. The highest BCUT2D eigenvalue weighted by atomic mass is 19.3. The summed E-state index contributed by atoms with van der Waals surface area (Å²) in [7, 11) is 0. The summed E-state index contributed by atoms with van der Waals surface area (Å²) in [4.78, 5) is 15.5. The van der Waals surface area contributed by atoms with E-state index in [1.807, 2.05) is 6.07 Å². The number of piperidine rings is 1. The second kappa shape index (κ2) is 7.07. The molecule has 0 aliphatic carbocycles. The summed E-state index contributed by atoms with van der Waals surface area (Å²) in [6, 6.07) is 9.89. The number of halogens is 2. The largest absolute Gasteiger partial charge is 0.483 e. The quantitative estimate of drug-likeness (QED) is 0.854. The molecule has 9 heteroatoms. The van der Waals surface area contributed by atoms with Gasteiger partial charge in [0.15, 0.2) is 6.10 Å². The number of alkyl halides is 2. The molecule has 0 spiro atoms. The smallest absolute Gasteiger partial charge is 0.407 e. The van der Waals surface area contributed by atoms with Crippen LogP contribution in [0.3, 0.4) is 0 Å². The number of nitriles is 1. The summed E-state index contributed by atoms with van der Waals surface area (Å²) < 4.78 is 33.9. The minimum atomic E-state index is -3.36. The molecule has 1 aromatic carbocycles. The summed E-state index contributed by atoms with van der Waals surface area (Å²) >= 11 is 0. The van der Waals surface area contributed by atoms with E-state index in [9.17, 15) is 18.8 Å². The van der Waals surface area contributed by atoms with Gasteiger partial charge in [-0.15, -0.1) is 0 Å². The van der Waals surface area contributed by atoms with Gasteiger partial charge in [0.2, 0.25) is 0 Å². The topological polar surface area (TPSA) is 112 Å². The zero-order chi connectivity index (χ0) is 19.6. The predicted molar refractivity (Wildman–Crippen MR) is 92.4 cm³/mol. The van der Waals surface area contributed by atoms with Crippen LogP contribution in [0.2, 0.25) is 0 Å². The number of ether oxygens (including phenoxy) is 1. The average molecular weight is 374 g/mol. The van der Waals surface area contributed by atoms with E-state index in [2.05, 4.69) is 4.98 Å². The minimum Gasteiger partial charge on any atom is -0.483 e. The van der Waals surface area contributed by atoms with Crippen LogP contribution in [0.5, 0.6) is 5.75 Å². The number of rotatable bonds is 3. The van der Waals surface area contributed by atoms with Crippen LogP contribution in [-0.2, 0) is 0 Å². The van der Waals surface area contributed by atoms with Crippen molar-refractivity contribution >= 4 is 11.9 Å². The molecule has 0 bridgehead atoms. The van der Waals surface area contributed by atoms with Crippen molar-refractivity contribution in [2.75, 3.05) is 18.8 Å². The van der Waals surface area contributed by atoms with Crippen LogP contribution in [-0.4, -0.2) is 46.2 Å². The lowest BCUT2D eigenvalue weighted by molar-refractivity contribution is -0.133. The van der Waals surface area contributed by atoms with E-state index in [4.69, 9.17) is 15.6 Å². The molecular formula is C18H16F2N4O3. The van der Waals surface area contributed by atoms with Crippen molar-refractivity contribution in [3.63, 3.8) is 0 Å². The van der Waals surface area contributed by atoms with E-state index in [1.54, 1.807) is 18.2 Å². The van der Waals surface area contributed by atoms with Gasteiger partial charge in [-0.2, -0.15) is 5.26 Å². The number of carboxylic acid groups (broad SMARTS) is 1. The van der Waals surface area contributed by atoms with Crippen LogP contribution in [0, 0.1) is 11.3 Å². The maximum atomic E-state index is 14.3. The monoisotopic (exact) mass is 374 g/mol. The highest BCUT2D eigenvalue weighted by molar-refractivity contribution is 5.69. The molecule has 0 saturated carbocycles. The Bertz CT molecular complexity index is 914. The van der Waals surface area contributed by atoms with Crippen molar-refractivity contribution in [2.45, 2.75) is 18.4 Å². The number of nitrogen functional groups attached to an aromatic ring is 1. The van der Waals surface area contributed by atoms with Gasteiger partial charge in [-0.05, 0) is 35.4 Å². The van der Waals surface area contributed by atoms with Gasteiger partial charge in [-0.25, -0.2) is 18.6 Å². The number of hydrogen-bond acceptors (Lipinski definition) is 5. The second-order valence-corrected chi connectivity index (χ2v) is 6.15. The number of pyridine rings is 1. The first kappa shape index (κ1) is 18.4. The van der Waals surface area contributed by atoms with Crippen molar-refractivity contribution in [3.05, 3.63) is 42.1 Å². The van der Waals surface area contributed by atoms with Gasteiger partial charge in [0.1, 0.15) is 17.6 Å². The number of amides is 1. The Morgan fingerprint density at radius 3 is 2.74 bits per heavy atom. The Hall–Kier alpha value is -3.41. The van der Waals surface area contributed by atoms with Crippen molar-refractivity contribution in [1.29, 1.82) is 5.26 Å². The van der Waals surface area contributed by atoms with E-state index in [0.717, 1.165) is 5.56 Å². The van der Waals surface area contributed by atoms with Crippen molar-refractivity contribution in [3.8, 4) is 22.9 Å². The van der Waals surface area contributed by atoms with Gasteiger partial charge in [0.05, 0.1) is 12.1 Å². The second-order valence-electron chi connectivity index (χ2n) is 6.15. The van der Waals surface area contributed by atoms with E-state index >= 15 is 0 Å². The molecule has 2 aromatic rings. The lowest BCUT2D eigenvalue weighted by Gasteiger charge is -2.36. The molecule has 1 fully saturated rings. The van der Waals surface area contributed by atoms with E-state index < -0.39 is 24.7 Å². The molecule has 1 aliphatic rings. The molecule has 27 heavy (non-hydrogen) atoms. The zero-order valence-corrected chi connectivity index (χ0v) is 14.1. The summed E-state index contributed by atoms with van der Waals surface area (Å²) in [6.07, 6.45) is -1.56. The lowest BCUT2D eigenvalue weighted by Crippen LogP contribution is -2.55. The zero-order valence-electron chi connectivity index (χ0n) is 14.1. The summed E-state index contributed by atoms with van der Waals surface area (Å²) in [5, 5.41) is 18.3. The number of carbonyl (C=O) groups is 1. The van der Waals surface area contributed by atoms with Crippen LogP contribution in [0.15, 0.2) is 36.5 Å². The highest BCUT2D eigenvalue weighted by Gasteiger charge is 2.48. The first-order chi connectivity index (χ1) is 12.8. The fraction of sp³-hybridized carbons (Fsp3) is 0.278. The van der Waals surface area contributed by atoms with Gasteiger partial charge in [-0.3, -0.25) is 0 Å². The maximum Gasteiger partial charge on any atom is 0.407 e. The Morgan fingerprint density at radius 1 is 1.37 bits per heavy atom. The van der Waals surface area contributed by atoms with E-state index in [1.165, 1.54) is 18.3 Å². The van der Waals surface area contributed by atoms with Crippen LogP contribution in [0.25, 0.3) is 11.1 Å². The standard InChI is InChI=1S/C18H16F2N4O3/c19-18(20)10-24(17(25)26)6-4-15(18)27-14-2-1-11(7-13(14)9-21)12-3-5-23-16(22)8-12/h1-3,5,7-8,15H,4,6,10H2,(H2,22,23)(H,25,26). The maximum absolute atomic E-state index is 14.3. The van der Waals surface area contributed by atoms with Crippen molar-refractivity contribution in [1.82, 2.24) is 9.88 Å². The predicted octanol–water partition coefficient (Wildman–Crippen LogP) is 2.97. The molecule has 3 N–H and O–H groups in total. The van der Waals surface area contributed by atoms with Gasteiger partial charge < -0.3 is 20.5 Å². The van der Waals surface area contributed by atoms with Crippen LogP contribution in [0.1, 0.15) is 12.0 Å². The van der Waals surface area contributed by atoms with Crippen molar-refractivity contribution in [2.24, 2.45) is 0 Å². The fourth-order valence-electron chi connectivity index (χ4n) is 2.91. The molecule has 1 aliphatic heterocycles. The molecular weight excluding hydrogens is 358 g/mol. The van der Waals surface area contributed by atoms with Gasteiger partial charge >= 0.3 is 12.0 Å². The van der Waals surface area contributed by atoms with Gasteiger partial charge in [0.25, 0.3) is 0 Å². The molecule has 7 nitrogen and oxygen atoms in total. The molecule has 1 amide bonds. The third-order valence-electron chi connectivity index (χ3n) is 4.29. The van der Waals surface area contributed by atoms with Gasteiger partial charge in [-0.1, -0.05) is 6.07 Å². The number of nitrogens with two attached hydrogens (primary N) is 1. The normalized spacial score (nSPS) is 18.6. The fourth-order valence-corrected chi connectivity index (χ4v) is 2.91. The van der Waals surface area contributed by atoms with Crippen LogP contribution < -0.4 is 10.5 Å². The van der Waals surface area contributed by atoms with E-state index in [0.29, 0.717) is 16.3 Å². The number of nitrogens with zero attached hydrogens (tertiary/aromatic N) is 3. The third-order valence-corrected chi connectivity index (χ3v) is 4.29. The summed E-state index contributed by atoms with van der Waals surface area (Å²) in [5.74, 6) is -3.02. The molecule has 1 aromatic heterocycles. The molecule has 2 heterocycles. The van der Waals surface area contributed by atoms with Gasteiger partial charge in [0, 0.05) is 19.2 Å². The molecule has 1 atom stereocenters. The summed E-state index contributed by atoms with van der Waals surface area (Å²) in [5.41, 5.74) is 7.14. The number of hydrogen-bond donors (Lipinski definition) is 2. The van der Waals surface area contributed by atoms with Crippen LogP contribution >= 0.6 is 0 Å². The minimum absolute atomic E-state index is 0.0247. The molecule has 1 saturated heterocycles. The Balaban J connectivity index is 1.83. The number of benzene rings is 1. The first-order valence-electron chi connectivity index (χ1n) is 8.08. The molecule has 1 unspecified atom stereocenters. The van der Waals surface area contributed by atoms with Crippen LogP contribution in [0.4, 0.5) is 19.4 Å². The van der Waals surface area contributed by atoms with E-state index in [-0.39, 0.29) is 24.3 Å².